The Hall–Kier alpha value is -0.390. The van der Waals surface area contributed by atoms with Crippen molar-refractivity contribution in [3.8, 4) is 0 Å². The molecule has 0 saturated carbocycles. The van der Waals surface area contributed by atoms with Gasteiger partial charge >= 0.3 is 0 Å². The molecule has 1 fully saturated rings. The van der Waals surface area contributed by atoms with Gasteiger partial charge in [0.05, 0.1) is 0 Å². The fourth-order valence-electron chi connectivity index (χ4n) is 2.62. The van der Waals surface area contributed by atoms with Gasteiger partial charge in [0.2, 0.25) is 5.91 Å². The number of carbonyl (C=O) groups excluding carboxylic acids is 1. The van der Waals surface area contributed by atoms with Crippen molar-refractivity contribution in [2.75, 3.05) is 26.7 Å². The number of likely N-dealkylation sites (tertiary alicyclic amines) is 1. The standard InChI is InChI=1S/C14H21BrN2OS/c1-16-8-11-3-2-6-17(9-11)14(18)5-4-13-7-12(15)10-19-13/h7,10-11,16H,2-6,8-9H2,1H3. The van der Waals surface area contributed by atoms with Gasteiger partial charge in [0.1, 0.15) is 0 Å². The molecular weight excluding hydrogens is 324 g/mol. The summed E-state index contributed by atoms with van der Waals surface area (Å²) in [5, 5.41) is 5.29. The van der Waals surface area contributed by atoms with Crippen LogP contribution >= 0.6 is 27.3 Å². The van der Waals surface area contributed by atoms with E-state index < -0.39 is 0 Å². The Morgan fingerprint density at radius 1 is 1.63 bits per heavy atom. The fraction of sp³-hybridized carbons (Fsp3) is 0.643. The molecule has 3 nitrogen and oxygen atoms in total. The molecule has 1 aromatic rings. The zero-order chi connectivity index (χ0) is 13.7. The van der Waals surface area contributed by atoms with Crippen LogP contribution in [0.2, 0.25) is 0 Å². The first-order valence-corrected chi connectivity index (χ1v) is 8.51. The topological polar surface area (TPSA) is 32.3 Å². The van der Waals surface area contributed by atoms with Gasteiger partial charge in [-0.25, -0.2) is 0 Å². The number of thiophene rings is 1. The van der Waals surface area contributed by atoms with Crippen molar-refractivity contribution in [2.45, 2.75) is 25.7 Å². The number of nitrogens with one attached hydrogen (secondary N) is 1. The van der Waals surface area contributed by atoms with Gasteiger partial charge in [-0.15, -0.1) is 11.3 Å². The van der Waals surface area contributed by atoms with E-state index in [1.54, 1.807) is 11.3 Å². The van der Waals surface area contributed by atoms with Gasteiger partial charge < -0.3 is 10.2 Å². The second-order valence-corrected chi connectivity index (χ2v) is 7.05. The van der Waals surface area contributed by atoms with Crippen LogP contribution in [0.5, 0.6) is 0 Å². The monoisotopic (exact) mass is 344 g/mol. The van der Waals surface area contributed by atoms with Gasteiger partial charge in [0, 0.05) is 34.2 Å². The Balaban J connectivity index is 1.79. The Morgan fingerprint density at radius 2 is 2.47 bits per heavy atom. The highest BCUT2D eigenvalue weighted by Gasteiger charge is 2.22. The van der Waals surface area contributed by atoms with Crippen molar-refractivity contribution in [3.05, 3.63) is 20.8 Å². The highest BCUT2D eigenvalue weighted by Crippen LogP contribution is 2.22. The normalized spacial score (nSPS) is 19.7. The van der Waals surface area contributed by atoms with Crippen LogP contribution in [0.4, 0.5) is 0 Å². The molecule has 0 aliphatic carbocycles. The summed E-state index contributed by atoms with van der Waals surface area (Å²) < 4.78 is 1.12. The number of hydrogen-bond acceptors (Lipinski definition) is 3. The number of piperidine rings is 1. The quantitative estimate of drug-likeness (QED) is 0.890. The minimum atomic E-state index is 0.310. The van der Waals surface area contributed by atoms with Gasteiger partial charge in [-0.2, -0.15) is 0 Å². The molecule has 2 heterocycles. The third-order valence-corrected chi connectivity index (χ3v) is 5.33. The molecule has 1 amide bonds. The Labute approximate surface area is 127 Å². The van der Waals surface area contributed by atoms with Crippen molar-refractivity contribution >= 4 is 33.2 Å². The molecule has 1 saturated heterocycles. The summed E-state index contributed by atoms with van der Waals surface area (Å²) in [5.74, 6) is 0.934. The first kappa shape index (κ1) is 15.0. The summed E-state index contributed by atoms with van der Waals surface area (Å²) in [6.45, 7) is 2.88. The third-order valence-electron chi connectivity index (χ3n) is 3.57. The number of halogens is 1. The van der Waals surface area contributed by atoms with E-state index >= 15 is 0 Å². The predicted molar refractivity (Wildman–Crippen MR) is 83.6 cm³/mol. The largest absolute Gasteiger partial charge is 0.342 e. The molecule has 5 heteroatoms. The number of hydrogen-bond donors (Lipinski definition) is 1. The van der Waals surface area contributed by atoms with Crippen molar-refractivity contribution in [1.29, 1.82) is 0 Å². The van der Waals surface area contributed by atoms with Gasteiger partial charge in [-0.3, -0.25) is 4.79 Å². The second-order valence-electron chi connectivity index (χ2n) is 5.14. The maximum Gasteiger partial charge on any atom is 0.222 e. The minimum absolute atomic E-state index is 0.310. The van der Waals surface area contributed by atoms with Gasteiger partial charge in [0.25, 0.3) is 0 Å². The van der Waals surface area contributed by atoms with E-state index in [1.807, 2.05) is 11.9 Å². The van der Waals surface area contributed by atoms with E-state index in [1.165, 1.54) is 11.3 Å². The zero-order valence-electron chi connectivity index (χ0n) is 11.3. The van der Waals surface area contributed by atoms with Crippen LogP contribution in [-0.4, -0.2) is 37.5 Å². The SMILES string of the molecule is CNCC1CCCN(C(=O)CCc2cc(Br)cs2)C1. The Kier molecular flexibility index (Phi) is 5.85. The highest BCUT2D eigenvalue weighted by molar-refractivity contribution is 9.10. The smallest absolute Gasteiger partial charge is 0.222 e. The maximum absolute atomic E-state index is 12.2. The molecule has 1 atom stereocenters. The maximum atomic E-state index is 12.2. The lowest BCUT2D eigenvalue weighted by atomic mass is 9.97. The van der Waals surface area contributed by atoms with E-state index in [4.69, 9.17) is 0 Å². The number of carbonyl (C=O) groups is 1. The van der Waals surface area contributed by atoms with Gasteiger partial charge in [-0.1, -0.05) is 0 Å². The lowest BCUT2D eigenvalue weighted by Crippen LogP contribution is -2.42. The molecule has 0 bridgehead atoms. The van der Waals surface area contributed by atoms with Crippen LogP contribution in [0.3, 0.4) is 0 Å². The summed E-state index contributed by atoms with van der Waals surface area (Å²) in [5.41, 5.74) is 0. The Bertz CT molecular complexity index is 419. The van der Waals surface area contributed by atoms with Crippen LogP contribution in [0.1, 0.15) is 24.1 Å². The highest BCUT2D eigenvalue weighted by atomic mass is 79.9. The summed E-state index contributed by atoms with van der Waals surface area (Å²) in [6.07, 6.45) is 3.88. The summed E-state index contributed by atoms with van der Waals surface area (Å²) in [4.78, 5) is 15.6. The second kappa shape index (κ2) is 7.41. The molecule has 1 unspecified atom stereocenters. The first-order chi connectivity index (χ1) is 9.19. The number of amides is 1. The lowest BCUT2D eigenvalue weighted by molar-refractivity contribution is -0.132. The average molecular weight is 345 g/mol. The first-order valence-electron chi connectivity index (χ1n) is 6.84. The van der Waals surface area contributed by atoms with Crippen LogP contribution in [0.15, 0.2) is 15.9 Å². The van der Waals surface area contributed by atoms with Crippen molar-refractivity contribution in [3.63, 3.8) is 0 Å². The molecule has 2 rings (SSSR count). The third kappa shape index (κ3) is 4.58. The molecule has 0 radical (unpaired) electrons. The van der Waals surface area contributed by atoms with E-state index in [2.05, 4.69) is 32.7 Å². The molecule has 1 N–H and O–H groups in total. The molecule has 0 aromatic carbocycles. The van der Waals surface area contributed by atoms with Crippen LogP contribution in [-0.2, 0) is 11.2 Å². The fourth-order valence-corrected chi connectivity index (χ4v) is 4.08. The number of aryl methyl sites for hydroxylation is 1. The molecule has 19 heavy (non-hydrogen) atoms. The molecule has 1 aliphatic heterocycles. The molecular formula is C14H21BrN2OS. The van der Waals surface area contributed by atoms with E-state index in [9.17, 15) is 4.79 Å². The Morgan fingerprint density at radius 3 is 3.16 bits per heavy atom. The van der Waals surface area contributed by atoms with E-state index in [-0.39, 0.29) is 0 Å². The molecule has 0 spiro atoms. The van der Waals surface area contributed by atoms with Crippen LogP contribution in [0.25, 0.3) is 0 Å². The summed E-state index contributed by atoms with van der Waals surface area (Å²) in [7, 11) is 1.98. The van der Waals surface area contributed by atoms with Crippen LogP contribution in [0, 0.1) is 5.92 Å². The number of nitrogens with zero attached hydrogens (tertiary/aromatic N) is 1. The lowest BCUT2D eigenvalue weighted by Gasteiger charge is -2.32. The zero-order valence-corrected chi connectivity index (χ0v) is 13.7. The predicted octanol–water partition coefficient (Wildman–Crippen LogP) is 2.90. The number of rotatable bonds is 5. The van der Waals surface area contributed by atoms with Crippen molar-refractivity contribution < 1.29 is 4.79 Å². The molecule has 1 aliphatic rings. The summed E-state index contributed by atoms with van der Waals surface area (Å²) >= 11 is 5.17. The van der Waals surface area contributed by atoms with Crippen molar-refractivity contribution in [1.82, 2.24) is 10.2 Å². The van der Waals surface area contributed by atoms with E-state index in [0.29, 0.717) is 18.2 Å². The van der Waals surface area contributed by atoms with Gasteiger partial charge in [-0.05, 0) is 60.8 Å². The van der Waals surface area contributed by atoms with E-state index in [0.717, 1.165) is 36.9 Å². The van der Waals surface area contributed by atoms with Crippen molar-refractivity contribution in [2.24, 2.45) is 5.92 Å². The van der Waals surface area contributed by atoms with Gasteiger partial charge in [0.15, 0.2) is 0 Å². The molecule has 1 aromatic heterocycles. The summed E-state index contributed by atoms with van der Waals surface area (Å²) in [6, 6.07) is 2.11. The average Bonchev–Trinajstić information content (AvgIpc) is 2.82. The van der Waals surface area contributed by atoms with Crippen LogP contribution < -0.4 is 5.32 Å². The minimum Gasteiger partial charge on any atom is -0.342 e. The molecule has 106 valence electrons.